The summed E-state index contributed by atoms with van der Waals surface area (Å²) in [6.45, 7) is 2.45. The van der Waals surface area contributed by atoms with Crippen molar-refractivity contribution in [2.24, 2.45) is 0 Å². The van der Waals surface area contributed by atoms with Gasteiger partial charge in [-0.15, -0.1) is 10.2 Å². The summed E-state index contributed by atoms with van der Waals surface area (Å²) in [6.07, 6.45) is 1.85. The lowest BCUT2D eigenvalue weighted by atomic mass is 10.1. The maximum absolute atomic E-state index is 12.5. The SMILES string of the molecule is CC(C(=O)NCc1nnc2ccccn12)N1Cc2ccccc2C1=O. The average Bonchev–Trinajstić information content (AvgIpc) is 3.21. The maximum Gasteiger partial charge on any atom is 0.255 e. The Morgan fingerprint density at radius 3 is 2.84 bits per heavy atom. The first kappa shape index (κ1) is 15.3. The molecule has 1 unspecified atom stereocenters. The van der Waals surface area contributed by atoms with Crippen LogP contribution in [-0.2, 0) is 17.9 Å². The molecule has 2 aromatic heterocycles. The van der Waals surface area contributed by atoms with E-state index in [9.17, 15) is 9.59 Å². The van der Waals surface area contributed by atoms with E-state index in [4.69, 9.17) is 0 Å². The van der Waals surface area contributed by atoms with Gasteiger partial charge in [-0.25, -0.2) is 0 Å². The molecule has 0 aliphatic carbocycles. The van der Waals surface area contributed by atoms with Crippen molar-refractivity contribution < 1.29 is 9.59 Å². The lowest BCUT2D eigenvalue weighted by Gasteiger charge is -2.23. The van der Waals surface area contributed by atoms with Gasteiger partial charge in [0.15, 0.2) is 11.5 Å². The summed E-state index contributed by atoms with van der Waals surface area (Å²) in [5.41, 5.74) is 2.35. The Bertz CT molecular complexity index is 965. The molecule has 3 heterocycles. The van der Waals surface area contributed by atoms with Gasteiger partial charge in [-0.3, -0.25) is 14.0 Å². The molecule has 1 N–H and O–H groups in total. The zero-order valence-corrected chi connectivity index (χ0v) is 13.7. The van der Waals surface area contributed by atoms with Crippen molar-refractivity contribution in [1.29, 1.82) is 0 Å². The number of nitrogens with zero attached hydrogens (tertiary/aromatic N) is 4. The summed E-state index contributed by atoms with van der Waals surface area (Å²) in [5.74, 6) is 0.326. The molecule has 25 heavy (non-hydrogen) atoms. The van der Waals surface area contributed by atoms with Crippen LogP contribution in [0.15, 0.2) is 48.7 Å². The minimum Gasteiger partial charge on any atom is -0.347 e. The van der Waals surface area contributed by atoms with Gasteiger partial charge >= 0.3 is 0 Å². The predicted molar refractivity (Wildman–Crippen MR) is 90.6 cm³/mol. The second-order valence-corrected chi connectivity index (χ2v) is 6.03. The van der Waals surface area contributed by atoms with Crippen LogP contribution in [0.1, 0.15) is 28.7 Å². The number of benzene rings is 1. The van der Waals surface area contributed by atoms with Crippen LogP contribution in [0.2, 0.25) is 0 Å². The van der Waals surface area contributed by atoms with Crippen LogP contribution in [-0.4, -0.2) is 37.4 Å². The second-order valence-electron chi connectivity index (χ2n) is 6.03. The van der Waals surface area contributed by atoms with Crippen LogP contribution < -0.4 is 5.32 Å². The molecule has 0 saturated heterocycles. The topological polar surface area (TPSA) is 79.6 Å². The zero-order chi connectivity index (χ0) is 17.4. The van der Waals surface area contributed by atoms with Gasteiger partial charge in [0.05, 0.1) is 6.54 Å². The normalized spacial score (nSPS) is 14.6. The summed E-state index contributed by atoms with van der Waals surface area (Å²) in [7, 11) is 0. The summed E-state index contributed by atoms with van der Waals surface area (Å²) < 4.78 is 1.82. The Balaban J connectivity index is 1.44. The number of amides is 2. The van der Waals surface area contributed by atoms with Gasteiger partial charge in [0.1, 0.15) is 6.04 Å². The molecule has 7 nitrogen and oxygen atoms in total. The summed E-state index contributed by atoms with van der Waals surface area (Å²) in [4.78, 5) is 26.6. The van der Waals surface area contributed by atoms with E-state index in [0.29, 0.717) is 17.9 Å². The lowest BCUT2D eigenvalue weighted by Crippen LogP contribution is -2.45. The fraction of sp³-hybridized carbons (Fsp3) is 0.222. The standard InChI is InChI=1S/C18H17N5O2/c1-12(23-11-13-6-2-3-7-14(13)18(23)25)17(24)19-10-16-21-20-15-8-4-5-9-22(15)16/h2-9,12H,10-11H2,1H3,(H,19,24). The van der Waals surface area contributed by atoms with Gasteiger partial charge in [-0.05, 0) is 30.7 Å². The van der Waals surface area contributed by atoms with Crippen molar-refractivity contribution in [3.05, 3.63) is 65.6 Å². The number of carbonyl (C=O) groups excluding carboxylic acids is 2. The van der Waals surface area contributed by atoms with Crippen molar-refractivity contribution in [1.82, 2.24) is 24.8 Å². The van der Waals surface area contributed by atoms with E-state index in [1.54, 1.807) is 17.9 Å². The molecular weight excluding hydrogens is 318 g/mol. The fourth-order valence-electron chi connectivity index (χ4n) is 3.06. The third-order valence-corrected chi connectivity index (χ3v) is 4.50. The van der Waals surface area contributed by atoms with Gasteiger partial charge in [-0.2, -0.15) is 0 Å². The van der Waals surface area contributed by atoms with Gasteiger partial charge in [-0.1, -0.05) is 24.3 Å². The quantitative estimate of drug-likeness (QED) is 0.781. The number of rotatable bonds is 4. The number of nitrogens with one attached hydrogen (secondary N) is 1. The van der Waals surface area contributed by atoms with E-state index in [2.05, 4.69) is 15.5 Å². The van der Waals surface area contributed by atoms with Gasteiger partial charge < -0.3 is 10.2 Å². The maximum atomic E-state index is 12.5. The molecule has 126 valence electrons. The van der Waals surface area contributed by atoms with Gasteiger partial charge in [0, 0.05) is 18.3 Å². The predicted octanol–water partition coefficient (Wildman–Crippen LogP) is 1.39. The highest BCUT2D eigenvalue weighted by molar-refractivity contribution is 6.00. The zero-order valence-electron chi connectivity index (χ0n) is 13.7. The average molecular weight is 335 g/mol. The van der Waals surface area contributed by atoms with Crippen LogP contribution in [0.25, 0.3) is 5.65 Å². The molecule has 0 fully saturated rings. The number of hydrogen-bond acceptors (Lipinski definition) is 4. The third-order valence-electron chi connectivity index (χ3n) is 4.50. The number of aromatic nitrogens is 3. The van der Waals surface area contributed by atoms with E-state index in [0.717, 1.165) is 11.2 Å². The lowest BCUT2D eigenvalue weighted by molar-refractivity contribution is -0.125. The van der Waals surface area contributed by atoms with Gasteiger partial charge in [0.25, 0.3) is 5.91 Å². The monoisotopic (exact) mass is 335 g/mol. The Morgan fingerprint density at radius 1 is 1.20 bits per heavy atom. The molecule has 4 rings (SSSR count). The van der Waals surface area contributed by atoms with Crippen molar-refractivity contribution in [2.75, 3.05) is 0 Å². The first-order valence-electron chi connectivity index (χ1n) is 8.10. The van der Waals surface area contributed by atoms with Crippen molar-refractivity contribution in [3.8, 4) is 0 Å². The first-order chi connectivity index (χ1) is 12.1. The number of hydrogen-bond donors (Lipinski definition) is 1. The molecule has 1 aliphatic heterocycles. The molecule has 7 heteroatoms. The summed E-state index contributed by atoms with van der Waals surface area (Å²) >= 11 is 0. The highest BCUT2D eigenvalue weighted by Gasteiger charge is 2.33. The molecule has 0 radical (unpaired) electrons. The van der Waals surface area contributed by atoms with Crippen LogP contribution in [0.3, 0.4) is 0 Å². The highest BCUT2D eigenvalue weighted by atomic mass is 16.2. The highest BCUT2D eigenvalue weighted by Crippen LogP contribution is 2.24. The fourth-order valence-corrected chi connectivity index (χ4v) is 3.06. The molecule has 2 amide bonds. The number of carbonyl (C=O) groups is 2. The Morgan fingerprint density at radius 2 is 2.00 bits per heavy atom. The molecule has 0 spiro atoms. The Hall–Kier alpha value is -3.22. The summed E-state index contributed by atoms with van der Waals surface area (Å²) in [6, 6.07) is 12.5. The van der Waals surface area contributed by atoms with E-state index in [1.807, 2.05) is 47.0 Å². The molecule has 1 atom stereocenters. The Labute approximate surface area is 144 Å². The van der Waals surface area contributed by atoms with Crippen LogP contribution >= 0.6 is 0 Å². The van der Waals surface area contributed by atoms with E-state index in [1.165, 1.54) is 0 Å². The molecule has 1 aromatic carbocycles. The smallest absolute Gasteiger partial charge is 0.255 e. The molecule has 0 bridgehead atoms. The van der Waals surface area contributed by atoms with Crippen LogP contribution in [0.4, 0.5) is 0 Å². The minimum absolute atomic E-state index is 0.105. The molecular formula is C18H17N5O2. The van der Waals surface area contributed by atoms with Gasteiger partial charge in [0.2, 0.25) is 5.91 Å². The Kier molecular flexibility index (Phi) is 3.68. The summed E-state index contributed by atoms with van der Waals surface area (Å²) in [5, 5.41) is 11.0. The van der Waals surface area contributed by atoms with Crippen molar-refractivity contribution >= 4 is 17.5 Å². The van der Waals surface area contributed by atoms with Crippen molar-refractivity contribution in [2.45, 2.75) is 26.1 Å². The van der Waals surface area contributed by atoms with E-state index < -0.39 is 6.04 Å². The molecule has 1 aliphatic rings. The molecule has 3 aromatic rings. The van der Waals surface area contributed by atoms with E-state index in [-0.39, 0.29) is 18.4 Å². The van der Waals surface area contributed by atoms with Crippen LogP contribution in [0, 0.1) is 0 Å². The third kappa shape index (κ3) is 2.63. The first-order valence-corrected chi connectivity index (χ1v) is 8.10. The van der Waals surface area contributed by atoms with Crippen LogP contribution in [0.5, 0.6) is 0 Å². The van der Waals surface area contributed by atoms with E-state index >= 15 is 0 Å². The molecule has 0 saturated carbocycles. The largest absolute Gasteiger partial charge is 0.347 e. The van der Waals surface area contributed by atoms with Crippen molar-refractivity contribution in [3.63, 3.8) is 0 Å². The second kappa shape index (κ2) is 6.01. The number of fused-ring (bicyclic) bond motifs is 2. The minimum atomic E-state index is -0.556. The number of pyridine rings is 1.